The summed E-state index contributed by atoms with van der Waals surface area (Å²) in [5.74, 6) is 1.35. The molecule has 0 bridgehead atoms. The van der Waals surface area contributed by atoms with Crippen LogP contribution in [-0.2, 0) is 10.8 Å². The Balaban J connectivity index is 2.16. The molecule has 0 amide bonds. The Labute approximate surface area is 155 Å². The highest BCUT2D eigenvalue weighted by Gasteiger charge is 2.25. The lowest BCUT2D eigenvalue weighted by Gasteiger charge is -2.20. The van der Waals surface area contributed by atoms with Crippen molar-refractivity contribution < 1.29 is 8.95 Å². The molecule has 2 aromatic heterocycles. The van der Waals surface area contributed by atoms with Crippen molar-refractivity contribution >= 4 is 33.2 Å². The van der Waals surface area contributed by atoms with Gasteiger partial charge in [-0.15, -0.1) is 0 Å². The number of H-pyrrole nitrogens is 1. The van der Waals surface area contributed by atoms with Crippen LogP contribution in [0, 0.1) is 13.8 Å². The molecule has 0 radical (unpaired) electrons. The van der Waals surface area contributed by atoms with Crippen LogP contribution in [0.15, 0.2) is 29.3 Å². The Morgan fingerprint density at radius 3 is 2.54 bits per heavy atom. The van der Waals surface area contributed by atoms with Gasteiger partial charge in [0.25, 0.3) is 0 Å². The fourth-order valence-corrected chi connectivity index (χ4v) is 3.84. The number of nitrogens with one attached hydrogen (secondary N) is 2. The van der Waals surface area contributed by atoms with Crippen LogP contribution in [-0.4, -0.2) is 31.2 Å². The molecule has 6 nitrogen and oxygen atoms in total. The molecule has 3 aromatic rings. The van der Waals surface area contributed by atoms with Gasteiger partial charge < -0.3 is 10.1 Å². The number of anilines is 2. The van der Waals surface area contributed by atoms with E-state index in [4.69, 9.17) is 4.74 Å². The van der Waals surface area contributed by atoms with E-state index in [1.54, 1.807) is 13.3 Å². The highest BCUT2D eigenvalue weighted by Crippen LogP contribution is 2.35. The molecule has 0 saturated carbocycles. The summed E-state index contributed by atoms with van der Waals surface area (Å²) in [5.41, 5.74) is 3.70. The second kappa shape index (κ2) is 6.72. The summed E-state index contributed by atoms with van der Waals surface area (Å²) in [6.45, 7) is 9.84. The summed E-state index contributed by atoms with van der Waals surface area (Å²) in [4.78, 5) is 5.10. The van der Waals surface area contributed by atoms with Crippen LogP contribution in [0.2, 0.25) is 0 Å². The van der Waals surface area contributed by atoms with E-state index in [1.807, 2.05) is 52.8 Å². The Bertz CT molecular complexity index is 989. The first kappa shape index (κ1) is 18.4. The first-order valence-electron chi connectivity index (χ1n) is 8.39. The molecule has 1 aromatic carbocycles. The molecule has 26 heavy (non-hydrogen) atoms. The number of hydrogen-bond donors (Lipinski definition) is 2. The standard InChI is InChI=1S/C19H24N4O2S/c1-11-12(2)22-23-18(11)21-14-7-8-20-15-10-16(25-6)17(9-13(14)15)26(24)19(3,4)5/h7-10H,1-6H3,(H2,20,21,22,23)/t26-/m0/s1. The van der Waals surface area contributed by atoms with Crippen LogP contribution in [0.5, 0.6) is 5.75 Å². The fraction of sp³-hybridized carbons (Fsp3) is 0.368. The number of rotatable bonds is 4. The predicted octanol–water partition coefficient (Wildman–Crippen LogP) is 4.23. The number of ether oxygens (including phenoxy) is 1. The molecule has 0 fully saturated rings. The molecule has 138 valence electrons. The first-order chi connectivity index (χ1) is 12.2. The molecule has 0 unspecified atom stereocenters. The largest absolute Gasteiger partial charge is 0.495 e. The molecular formula is C19H24N4O2S. The second-order valence-electron chi connectivity index (χ2n) is 7.21. The molecule has 0 spiro atoms. The Hall–Kier alpha value is -2.41. The summed E-state index contributed by atoms with van der Waals surface area (Å²) < 4.78 is 18.1. The lowest BCUT2D eigenvalue weighted by atomic mass is 10.1. The van der Waals surface area contributed by atoms with E-state index in [0.29, 0.717) is 10.6 Å². The van der Waals surface area contributed by atoms with Gasteiger partial charge in [-0.25, -0.2) is 0 Å². The highest BCUT2D eigenvalue weighted by atomic mass is 32.2. The number of benzene rings is 1. The van der Waals surface area contributed by atoms with E-state index < -0.39 is 15.5 Å². The fourth-order valence-electron chi connectivity index (χ4n) is 2.63. The predicted molar refractivity (Wildman–Crippen MR) is 106 cm³/mol. The summed E-state index contributed by atoms with van der Waals surface area (Å²) in [6.07, 6.45) is 1.74. The smallest absolute Gasteiger partial charge is 0.155 e. The lowest BCUT2D eigenvalue weighted by Crippen LogP contribution is -2.22. The molecule has 2 heterocycles. The minimum atomic E-state index is -1.23. The summed E-state index contributed by atoms with van der Waals surface area (Å²) >= 11 is 0. The lowest BCUT2D eigenvalue weighted by molar-refractivity contribution is 0.404. The molecule has 0 aliphatic carbocycles. The quantitative estimate of drug-likeness (QED) is 0.716. The molecule has 1 atom stereocenters. The molecule has 2 N–H and O–H groups in total. The van der Waals surface area contributed by atoms with E-state index in [2.05, 4.69) is 20.5 Å². The maximum absolute atomic E-state index is 13.0. The van der Waals surface area contributed by atoms with E-state index in [-0.39, 0.29) is 0 Å². The second-order valence-corrected chi connectivity index (χ2v) is 9.41. The van der Waals surface area contributed by atoms with Crippen molar-refractivity contribution in [2.45, 2.75) is 44.3 Å². The van der Waals surface area contributed by atoms with Crippen molar-refractivity contribution in [3.63, 3.8) is 0 Å². The van der Waals surface area contributed by atoms with Gasteiger partial charge in [0, 0.05) is 33.7 Å². The van der Waals surface area contributed by atoms with Crippen molar-refractivity contribution in [1.29, 1.82) is 0 Å². The third kappa shape index (κ3) is 3.31. The van der Waals surface area contributed by atoms with Gasteiger partial charge in [-0.2, -0.15) is 5.10 Å². The third-order valence-corrected chi connectivity index (χ3v) is 6.12. The normalized spacial score (nSPS) is 13.0. The molecule has 0 aliphatic heterocycles. The zero-order valence-electron chi connectivity index (χ0n) is 15.9. The van der Waals surface area contributed by atoms with Crippen LogP contribution in [0.3, 0.4) is 0 Å². The average Bonchev–Trinajstić information content (AvgIpc) is 2.91. The van der Waals surface area contributed by atoms with Crippen LogP contribution >= 0.6 is 0 Å². The molecule has 0 saturated heterocycles. The van der Waals surface area contributed by atoms with Crippen LogP contribution in [0.4, 0.5) is 11.5 Å². The van der Waals surface area contributed by atoms with Crippen molar-refractivity contribution in [3.05, 3.63) is 35.7 Å². The van der Waals surface area contributed by atoms with Gasteiger partial charge in [0.05, 0.1) is 34.0 Å². The van der Waals surface area contributed by atoms with Gasteiger partial charge in [-0.05, 0) is 46.8 Å². The number of pyridine rings is 1. The Morgan fingerprint density at radius 2 is 1.96 bits per heavy atom. The number of methoxy groups -OCH3 is 1. The topological polar surface area (TPSA) is 79.9 Å². The van der Waals surface area contributed by atoms with Gasteiger partial charge in [-0.3, -0.25) is 14.3 Å². The molecule has 3 rings (SSSR count). The monoisotopic (exact) mass is 372 g/mol. The third-order valence-electron chi connectivity index (χ3n) is 4.29. The van der Waals surface area contributed by atoms with E-state index in [0.717, 1.165) is 33.7 Å². The molecule has 7 heteroatoms. The van der Waals surface area contributed by atoms with Crippen molar-refractivity contribution in [1.82, 2.24) is 15.2 Å². The van der Waals surface area contributed by atoms with Gasteiger partial charge in [0.1, 0.15) is 5.75 Å². The van der Waals surface area contributed by atoms with Crippen molar-refractivity contribution in [3.8, 4) is 5.75 Å². The summed E-state index contributed by atoms with van der Waals surface area (Å²) in [6, 6.07) is 5.63. The minimum Gasteiger partial charge on any atom is -0.495 e. The Morgan fingerprint density at radius 1 is 1.23 bits per heavy atom. The van der Waals surface area contributed by atoms with Crippen LogP contribution in [0.25, 0.3) is 10.9 Å². The highest BCUT2D eigenvalue weighted by molar-refractivity contribution is 7.86. The van der Waals surface area contributed by atoms with Crippen LogP contribution < -0.4 is 10.1 Å². The number of aromatic amines is 1. The zero-order chi connectivity index (χ0) is 19.1. The maximum Gasteiger partial charge on any atom is 0.155 e. The van der Waals surface area contributed by atoms with Crippen LogP contribution in [0.1, 0.15) is 32.0 Å². The van der Waals surface area contributed by atoms with Gasteiger partial charge in [0.15, 0.2) is 5.82 Å². The summed E-state index contributed by atoms with van der Waals surface area (Å²) in [7, 11) is 0.360. The average molecular weight is 372 g/mol. The first-order valence-corrected chi connectivity index (χ1v) is 9.54. The number of fused-ring (bicyclic) bond motifs is 1. The van der Waals surface area contributed by atoms with Crippen molar-refractivity contribution in [2.24, 2.45) is 0 Å². The van der Waals surface area contributed by atoms with Gasteiger partial charge in [-0.1, -0.05) is 0 Å². The van der Waals surface area contributed by atoms with E-state index in [9.17, 15) is 4.21 Å². The molecular weight excluding hydrogens is 348 g/mol. The molecule has 0 aliphatic rings. The zero-order valence-corrected chi connectivity index (χ0v) is 16.7. The number of aromatic nitrogens is 3. The van der Waals surface area contributed by atoms with Gasteiger partial charge >= 0.3 is 0 Å². The van der Waals surface area contributed by atoms with Gasteiger partial charge in [0.2, 0.25) is 0 Å². The SMILES string of the molecule is COc1cc2nccc(Nc3n[nH]c(C)c3C)c2cc1[S@](=O)C(C)(C)C. The minimum absolute atomic E-state index is 0.396. The van der Waals surface area contributed by atoms with Crippen molar-refractivity contribution in [2.75, 3.05) is 12.4 Å². The number of hydrogen-bond acceptors (Lipinski definition) is 5. The van der Waals surface area contributed by atoms with E-state index in [1.165, 1.54) is 0 Å². The van der Waals surface area contributed by atoms with E-state index >= 15 is 0 Å². The number of aryl methyl sites for hydroxylation is 1. The summed E-state index contributed by atoms with van der Waals surface area (Å²) in [5, 5.41) is 11.5. The number of nitrogens with zero attached hydrogens (tertiary/aromatic N) is 2. The Kier molecular flexibility index (Phi) is 4.75. The maximum atomic E-state index is 13.0.